The standard InChI is InChI=1S/C17H24FN2O/c1-3-4-9-20(2)10-7-13(8-11-20)17-15-6-5-14(18)12-16(15)21-19-17/h5-6,12-13H,3-4,7-11H2,1-2H3/q+1. The fraction of sp³-hybridized carbons (Fsp3) is 0.588. The second-order valence-corrected chi connectivity index (χ2v) is 6.63. The van der Waals surface area contributed by atoms with Gasteiger partial charge in [-0.1, -0.05) is 18.5 Å². The normalized spacial score (nSPS) is 26.3. The van der Waals surface area contributed by atoms with Gasteiger partial charge in [0.15, 0.2) is 5.58 Å². The lowest BCUT2D eigenvalue weighted by Crippen LogP contribution is -2.49. The fourth-order valence-corrected chi connectivity index (χ4v) is 3.45. The summed E-state index contributed by atoms with van der Waals surface area (Å²) in [5, 5.41) is 5.20. The van der Waals surface area contributed by atoms with Crippen molar-refractivity contribution in [1.29, 1.82) is 0 Å². The molecule has 1 aromatic carbocycles. The van der Waals surface area contributed by atoms with Crippen LogP contribution < -0.4 is 0 Å². The molecule has 0 N–H and O–H groups in total. The van der Waals surface area contributed by atoms with Gasteiger partial charge in [-0.15, -0.1) is 0 Å². The van der Waals surface area contributed by atoms with Crippen LogP contribution in [-0.2, 0) is 0 Å². The number of fused-ring (bicyclic) bond motifs is 1. The predicted molar refractivity (Wildman–Crippen MR) is 81.6 cm³/mol. The molecule has 3 nitrogen and oxygen atoms in total. The van der Waals surface area contributed by atoms with Gasteiger partial charge in [0, 0.05) is 30.2 Å². The summed E-state index contributed by atoms with van der Waals surface area (Å²) < 4.78 is 19.7. The van der Waals surface area contributed by atoms with Crippen LogP contribution in [0.25, 0.3) is 11.0 Å². The molecule has 0 unspecified atom stereocenters. The molecule has 4 heteroatoms. The van der Waals surface area contributed by atoms with Crippen molar-refractivity contribution in [3.05, 3.63) is 29.7 Å². The Bertz CT molecular complexity index is 614. The Kier molecular flexibility index (Phi) is 3.98. The van der Waals surface area contributed by atoms with Gasteiger partial charge in [-0.2, -0.15) is 0 Å². The topological polar surface area (TPSA) is 26.0 Å². The number of hydrogen-bond donors (Lipinski definition) is 0. The molecule has 1 aliphatic heterocycles. The maximum atomic E-state index is 13.2. The van der Waals surface area contributed by atoms with E-state index in [2.05, 4.69) is 19.1 Å². The van der Waals surface area contributed by atoms with Crippen molar-refractivity contribution < 1.29 is 13.4 Å². The van der Waals surface area contributed by atoms with Crippen molar-refractivity contribution in [2.75, 3.05) is 26.7 Å². The van der Waals surface area contributed by atoms with E-state index in [1.54, 1.807) is 6.07 Å². The summed E-state index contributed by atoms with van der Waals surface area (Å²) in [5.74, 6) is 0.183. The minimum Gasteiger partial charge on any atom is -0.356 e. The number of nitrogens with zero attached hydrogens (tertiary/aromatic N) is 2. The summed E-state index contributed by atoms with van der Waals surface area (Å²) >= 11 is 0. The van der Waals surface area contributed by atoms with E-state index < -0.39 is 0 Å². The first kappa shape index (κ1) is 14.5. The lowest BCUT2D eigenvalue weighted by molar-refractivity contribution is -0.914. The van der Waals surface area contributed by atoms with Gasteiger partial charge in [0.05, 0.1) is 32.4 Å². The monoisotopic (exact) mass is 291 g/mol. The smallest absolute Gasteiger partial charge is 0.170 e. The summed E-state index contributed by atoms with van der Waals surface area (Å²) in [6.45, 7) is 5.91. The summed E-state index contributed by atoms with van der Waals surface area (Å²) in [6, 6.07) is 4.72. The fourth-order valence-electron chi connectivity index (χ4n) is 3.45. The van der Waals surface area contributed by atoms with E-state index >= 15 is 0 Å². The Labute approximate surface area is 125 Å². The summed E-state index contributed by atoms with van der Waals surface area (Å²) in [6.07, 6.45) is 4.84. The number of benzene rings is 1. The van der Waals surface area contributed by atoms with E-state index in [1.807, 2.05) is 0 Å². The third-order valence-corrected chi connectivity index (χ3v) is 4.93. The lowest BCUT2D eigenvalue weighted by atomic mass is 9.90. The van der Waals surface area contributed by atoms with Crippen LogP contribution >= 0.6 is 0 Å². The molecule has 0 spiro atoms. The Morgan fingerprint density at radius 3 is 2.81 bits per heavy atom. The molecule has 21 heavy (non-hydrogen) atoms. The minimum absolute atomic E-state index is 0.266. The van der Waals surface area contributed by atoms with Crippen molar-refractivity contribution in [1.82, 2.24) is 5.16 Å². The van der Waals surface area contributed by atoms with Crippen LogP contribution in [0.3, 0.4) is 0 Å². The second kappa shape index (κ2) is 5.76. The minimum atomic E-state index is -0.266. The molecule has 114 valence electrons. The van der Waals surface area contributed by atoms with Gasteiger partial charge < -0.3 is 9.01 Å². The van der Waals surface area contributed by atoms with Crippen LogP contribution in [0.1, 0.15) is 44.2 Å². The molecular weight excluding hydrogens is 267 g/mol. The third-order valence-electron chi connectivity index (χ3n) is 4.93. The van der Waals surface area contributed by atoms with Crippen molar-refractivity contribution in [3.63, 3.8) is 0 Å². The molecule has 0 radical (unpaired) electrons. The first-order valence-corrected chi connectivity index (χ1v) is 8.00. The molecule has 1 saturated heterocycles. The van der Waals surface area contributed by atoms with Gasteiger partial charge >= 0.3 is 0 Å². The van der Waals surface area contributed by atoms with E-state index in [0.717, 1.165) is 23.9 Å². The van der Waals surface area contributed by atoms with Crippen LogP contribution in [0.4, 0.5) is 4.39 Å². The number of hydrogen-bond acceptors (Lipinski definition) is 2. The molecule has 1 fully saturated rings. The number of aromatic nitrogens is 1. The highest BCUT2D eigenvalue weighted by atomic mass is 19.1. The Balaban J connectivity index is 1.74. The number of piperidine rings is 1. The molecule has 2 heterocycles. The molecular formula is C17H24FN2O+. The van der Waals surface area contributed by atoms with E-state index in [-0.39, 0.29) is 5.82 Å². The molecule has 2 aromatic rings. The molecule has 0 atom stereocenters. The highest BCUT2D eigenvalue weighted by Gasteiger charge is 2.32. The van der Waals surface area contributed by atoms with Crippen LogP contribution in [0.5, 0.6) is 0 Å². The number of quaternary nitrogens is 1. The van der Waals surface area contributed by atoms with Crippen molar-refractivity contribution in [3.8, 4) is 0 Å². The van der Waals surface area contributed by atoms with Gasteiger partial charge in [0.1, 0.15) is 5.82 Å². The van der Waals surface area contributed by atoms with Gasteiger partial charge in [0.2, 0.25) is 0 Å². The third kappa shape index (κ3) is 2.95. The van der Waals surface area contributed by atoms with E-state index in [1.165, 1.54) is 49.1 Å². The largest absolute Gasteiger partial charge is 0.356 e. The van der Waals surface area contributed by atoms with Crippen LogP contribution in [0.2, 0.25) is 0 Å². The van der Waals surface area contributed by atoms with Crippen LogP contribution in [0.15, 0.2) is 22.7 Å². The van der Waals surface area contributed by atoms with Crippen LogP contribution in [-0.4, -0.2) is 36.3 Å². The highest BCUT2D eigenvalue weighted by molar-refractivity contribution is 5.79. The van der Waals surface area contributed by atoms with E-state index in [0.29, 0.717) is 11.5 Å². The molecule has 3 rings (SSSR count). The Morgan fingerprint density at radius 1 is 1.33 bits per heavy atom. The molecule has 0 saturated carbocycles. The number of likely N-dealkylation sites (tertiary alicyclic amines) is 1. The second-order valence-electron chi connectivity index (χ2n) is 6.63. The summed E-state index contributed by atoms with van der Waals surface area (Å²) in [7, 11) is 2.36. The average molecular weight is 291 g/mol. The van der Waals surface area contributed by atoms with Crippen molar-refractivity contribution in [2.45, 2.75) is 38.5 Å². The molecule has 1 aliphatic rings. The van der Waals surface area contributed by atoms with Crippen LogP contribution in [0, 0.1) is 5.82 Å². The summed E-state index contributed by atoms with van der Waals surface area (Å²) in [4.78, 5) is 0. The van der Waals surface area contributed by atoms with Gasteiger partial charge in [-0.25, -0.2) is 4.39 Å². The van der Waals surface area contributed by atoms with Gasteiger partial charge in [0.25, 0.3) is 0 Å². The Morgan fingerprint density at radius 2 is 2.10 bits per heavy atom. The lowest BCUT2D eigenvalue weighted by Gasteiger charge is -2.40. The molecule has 0 aliphatic carbocycles. The predicted octanol–water partition coefficient (Wildman–Crippen LogP) is 4.09. The van der Waals surface area contributed by atoms with E-state index in [4.69, 9.17) is 4.52 Å². The average Bonchev–Trinajstić information content (AvgIpc) is 2.89. The maximum absolute atomic E-state index is 13.2. The number of unbranched alkanes of at least 4 members (excludes halogenated alkanes) is 1. The Hall–Kier alpha value is -1.42. The van der Waals surface area contributed by atoms with Gasteiger partial charge in [-0.05, 0) is 18.6 Å². The quantitative estimate of drug-likeness (QED) is 0.793. The maximum Gasteiger partial charge on any atom is 0.170 e. The highest BCUT2D eigenvalue weighted by Crippen LogP contribution is 2.34. The first-order valence-electron chi connectivity index (χ1n) is 8.00. The van der Waals surface area contributed by atoms with Gasteiger partial charge in [-0.3, -0.25) is 0 Å². The zero-order valence-corrected chi connectivity index (χ0v) is 12.9. The SMILES string of the molecule is CCCC[N+]1(C)CCC(c2noc3cc(F)ccc23)CC1. The number of rotatable bonds is 4. The zero-order valence-electron chi connectivity index (χ0n) is 12.9. The van der Waals surface area contributed by atoms with Crippen molar-refractivity contribution >= 4 is 11.0 Å². The first-order chi connectivity index (χ1) is 10.1. The molecule has 0 bridgehead atoms. The zero-order chi connectivity index (χ0) is 14.9. The molecule has 1 aromatic heterocycles. The number of halogens is 1. The summed E-state index contributed by atoms with van der Waals surface area (Å²) in [5.41, 5.74) is 1.59. The van der Waals surface area contributed by atoms with Crippen molar-refractivity contribution in [2.24, 2.45) is 0 Å². The molecule has 0 amide bonds. The van der Waals surface area contributed by atoms with E-state index in [9.17, 15) is 4.39 Å².